The Kier molecular flexibility index (Phi) is 14.8. The first kappa shape index (κ1) is 34.0. The second-order valence-corrected chi connectivity index (χ2v) is 15.7. The number of hydrogen-bond acceptors (Lipinski definition) is 4. The van der Waals surface area contributed by atoms with Crippen LogP contribution in [0.15, 0.2) is 109 Å². The SMILES string of the molecule is COC(OC)[SiH2]CCCCCCCCOc1ccc(O)cc1[P+](c1ccccc1)(c1ccccc1)c1ccccc1.[Br-]. The lowest BCUT2D eigenvalue weighted by Crippen LogP contribution is -3.00. The molecule has 0 radical (unpaired) electrons. The van der Waals surface area contributed by atoms with Gasteiger partial charge in [0.2, 0.25) is 0 Å². The Bertz CT molecular complexity index is 1190. The first-order valence-electron chi connectivity index (χ1n) is 14.8. The van der Waals surface area contributed by atoms with Crippen LogP contribution in [0.25, 0.3) is 0 Å². The Balaban J connectivity index is 0.00000484. The minimum absolute atomic E-state index is 0. The predicted molar refractivity (Wildman–Crippen MR) is 177 cm³/mol. The first-order chi connectivity index (χ1) is 20.2. The zero-order chi connectivity index (χ0) is 28.8. The lowest BCUT2D eigenvalue weighted by Gasteiger charge is -2.29. The third-order valence-corrected chi connectivity index (χ3v) is 13.9. The zero-order valence-corrected chi connectivity index (χ0v) is 28.7. The van der Waals surface area contributed by atoms with Crippen molar-refractivity contribution in [1.29, 1.82) is 0 Å². The summed E-state index contributed by atoms with van der Waals surface area (Å²) in [6.07, 6.45) is 7.19. The highest BCUT2D eigenvalue weighted by Gasteiger charge is 2.50. The maximum atomic E-state index is 10.8. The fourth-order valence-electron chi connectivity index (χ4n) is 5.52. The monoisotopic (exact) mass is 666 g/mol. The number of benzene rings is 4. The highest BCUT2D eigenvalue weighted by Crippen LogP contribution is 2.56. The van der Waals surface area contributed by atoms with Crippen LogP contribution in [0.5, 0.6) is 11.5 Å². The van der Waals surface area contributed by atoms with Crippen LogP contribution in [0, 0.1) is 0 Å². The second kappa shape index (κ2) is 18.2. The first-order valence-corrected chi connectivity index (χ1v) is 18.4. The van der Waals surface area contributed by atoms with Gasteiger partial charge in [0.25, 0.3) is 0 Å². The van der Waals surface area contributed by atoms with Crippen LogP contribution in [0.3, 0.4) is 0 Å². The van der Waals surface area contributed by atoms with Gasteiger partial charge in [-0.15, -0.1) is 0 Å². The maximum Gasteiger partial charge on any atom is 0.162 e. The van der Waals surface area contributed by atoms with Crippen molar-refractivity contribution in [3.8, 4) is 11.5 Å². The predicted octanol–water partition coefficient (Wildman–Crippen LogP) is 2.90. The molecule has 0 spiro atoms. The van der Waals surface area contributed by atoms with Crippen molar-refractivity contribution in [2.75, 3.05) is 20.8 Å². The van der Waals surface area contributed by atoms with E-state index in [4.69, 9.17) is 14.2 Å². The Labute approximate surface area is 265 Å². The number of halogens is 1. The van der Waals surface area contributed by atoms with Gasteiger partial charge in [0.15, 0.2) is 11.1 Å². The van der Waals surface area contributed by atoms with Crippen LogP contribution in [0.1, 0.15) is 38.5 Å². The van der Waals surface area contributed by atoms with Gasteiger partial charge in [0, 0.05) is 20.3 Å². The van der Waals surface area contributed by atoms with E-state index in [2.05, 4.69) is 91.0 Å². The van der Waals surface area contributed by atoms with Gasteiger partial charge < -0.3 is 36.3 Å². The van der Waals surface area contributed by atoms with E-state index < -0.39 is 7.26 Å². The highest BCUT2D eigenvalue weighted by molar-refractivity contribution is 8.01. The summed E-state index contributed by atoms with van der Waals surface area (Å²) in [7, 11) is 0.798. The normalized spacial score (nSPS) is 11.6. The standard InChI is InChI=1S/C35H43O4PSi.BrH/c1-37-35(38-2)41-27-17-6-4-3-5-16-26-39-33-25-24-29(36)28-34(33)40(30-18-10-7-11-19-30,31-20-12-8-13-21-31)32-22-14-9-15-23-32;/h7-15,18-25,28,35H,3-6,16-17,26-27,41H2,1-2H3;1H. The molecule has 0 aliphatic heterocycles. The number of aromatic hydroxyl groups is 1. The number of phenols is 1. The van der Waals surface area contributed by atoms with E-state index in [-0.39, 0.29) is 38.2 Å². The molecule has 7 heteroatoms. The Morgan fingerprint density at radius 2 is 1.12 bits per heavy atom. The summed E-state index contributed by atoms with van der Waals surface area (Å²) in [6.45, 7) is 0.659. The Morgan fingerprint density at radius 1 is 0.643 bits per heavy atom. The van der Waals surface area contributed by atoms with E-state index in [1.54, 1.807) is 20.3 Å². The number of methoxy groups -OCH3 is 2. The van der Waals surface area contributed by atoms with Gasteiger partial charge in [0.1, 0.15) is 34.8 Å². The smallest absolute Gasteiger partial charge is 0.162 e. The second-order valence-electron chi connectivity index (χ2n) is 10.3. The molecule has 0 amide bonds. The molecule has 1 N–H and O–H groups in total. The molecule has 4 rings (SSSR count). The van der Waals surface area contributed by atoms with Crippen molar-refractivity contribution in [1.82, 2.24) is 0 Å². The minimum atomic E-state index is -2.36. The number of phenolic OH excluding ortho intramolecular Hbond substituents is 1. The number of hydrogen-bond donors (Lipinski definition) is 1. The van der Waals surface area contributed by atoms with Crippen molar-refractivity contribution in [2.24, 2.45) is 0 Å². The molecule has 0 fully saturated rings. The van der Waals surface area contributed by atoms with Gasteiger partial charge in [0.05, 0.1) is 16.1 Å². The summed E-state index contributed by atoms with van der Waals surface area (Å²) in [5.74, 6) is 1.16. The lowest BCUT2D eigenvalue weighted by molar-refractivity contribution is -0.0441. The summed E-state index contributed by atoms with van der Waals surface area (Å²) >= 11 is 0. The minimum Gasteiger partial charge on any atom is -1.00 e. The van der Waals surface area contributed by atoms with Gasteiger partial charge in [-0.25, -0.2) is 0 Å². The molecule has 4 aromatic rings. The molecule has 42 heavy (non-hydrogen) atoms. The molecule has 0 aliphatic rings. The Hall–Kier alpha value is -2.47. The van der Waals surface area contributed by atoms with Crippen molar-refractivity contribution in [3.05, 3.63) is 109 Å². The van der Waals surface area contributed by atoms with E-state index in [0.29, 0.717) is 6.61 Å². The van der Waals surface area contributed by atoms with E-state index in [0.717, 1.165) is 23.9 Å². The third kappa shape index (κ3) is 8.78. The molecule has 224 valence electrons. The highest BCUT2D eigenvalue weighted by atomic mass is 79.9. The van der Waals surface area contributed by atoms with Crippen LogP contribution >= 0.6 is 7.26 Å². The van der Waals surface area contributed by atoms with Crippen LogP contribution in [0.2, 0.25) is 6.04 Å². The van der Waals surface area contributed by atoms with Crippen LogP contribution in [0.4, 0.5) is 0 Å². The molecular formula is C35H44BrO4PSi. The third-order valence-electron chi connectivity index (χ3n) is 7.60. The summed E-state index contributed by atoms with van der Waals surface area (Å²) < 4.78 is 17.2. The average Bonchev–Trinajstić information content (AvgIpc) is 3.03. The summed E-state index contributed by atoms with van der Waals surface area (Å²) in [4.78, 5) is 0. The molecule has 0 aliphatic carbocycles. The van der Waals surface area contributed by atoms with E-state index in [1.165, 1.54) is 47.6 Å². The van der Waals surface area contributed by atoms with Gasteiger partial charge in [-0.3, -0.25) is 0 Å². The molecule has 0 aromatic heterocycles. The molecule has 0 saturated carbocycles. The quantitative estimate of drug-likeness (QED) is 0.0816. The summed E-state index contributed by atoms with van der Waals surface area (Å²) in [5.41, 5.74) is 0. The molecule has 0 saturated heterocycles. The molecule has 4 nitrogen and oxygen atoms in total. The summed E-state index contributed by atoms with van der Waals surface area (Å²) in [6, 6.07) is 39.0. The van der Waals surface area contributed by atoms with Gasteiger partial charge in [-0.05, 0) is 55.0 Å². The van der Waals surface area contributed by atoms with Crippen LogP contribution in [-0.2, 0) is 9.47 Å². The molecule has 0 bridgehead atoms. The number of ether oxygens (including phenoxy) is 3. The van der Waals surface area contributed by atoms with Crippen LogP contribution in [-0.4, -0.2) is 41.4 Å². The van der Waals surface area contributed by atoms with Crippen LogP contribution < -0.4 is 42.9 Å². The summed E-state index contributed by atoms with van der Waals surface area (Å²) in [5, 5.41) is 15.5. The molecule has 4 aromatic carbocycles. The van der Waals surface area contributed by atoms with E-state index in [9.17, 15) is 5.11 Å². The van der Waals surface area contributed by atoms with Crippen molar-refractivity contribution in [3.63, 3.8) is 0 Å². The lowest BCUT2D eigenvalue weighted by atomic mass is 10.1. The fourth-order valence-corrected chi connectivity index (χ4v) is 11.3. The maximum absolute atomic E-state index is 10.8. The largest absolute Gasteiger partial charge is 1.00 e. The fraction of sp³-hybridized carbons (Fsp3) is 0.314. The van der Waals surface area contributed by atoms with Crippen molar-refractivity contribution < 1.29 is 36.3 Å². The zero-order valence-electron chi connectivity index (χ0n) is 24.8. The van der Waals surface area contributed by atoms with Gasteiger partial charge >= 0.3 is 0 Å². The Morgan fingerprint density at radius 3 is 1.62 bits per heavy atom. The van der Waals surface area contributed by atoms with E-state index >= 15 is 0 Å². The van der Waals surface area contributed by atoms with E-state index in [1.807, 2.05) is 12.1 Å². The molecular weight excluding hydrogens is 623 g/mol. The van der Waals surface area contributed by atoms with Crippen molar-refractivity contribution in [2.45, 2.75) is 50.5 Å². The molecule has 0 heterocycles. The van der Waals surface area contributed by atoms with Crippen molar-refractivity contribution >= 4 is 38.0 Å². The number of unbranched alkanes of at least 4 members (excludes halogenated alkanes) is 5. The average molecular weight is 668 g/mol. The topological polar surface area (TPSA) is 47.9 Å². The van der Waals surface area contributed by atoms with Gasteiger partial charge in [-0.1, -0.05) is 92.7 Å². The number of rotatable bonds is 17. The van der Waals surface area contributed by atoms with Gasteiger partial charge in [-0.2, -0.15) is 0 Å². The molecule has 0 atom stereocenters. The molecule has 0 unspecified atom stereocenters.